The molecule has 1 aromatic heterocycles. The molecule has 1 heterocycles. The van der Waals surface area contributed by atoms with E-state index in [1.807, 2.05) is 24.6 Å². The SMILES string of the molecule is CCCCC(Cl)(Br)n1nc(C)cc1C. The molecule has 2 nitrogen and oxygen atoms in total. The summed E-state index contributed by atoms with van der Waals surface area (Å²) in [7, 11) is 0. The summed E-state index contributed by atoms with van der Waals surface area (Å²) in [5.41, 5.74) is 2.09. The van der Waals surface area contributed by atoms with Gasteiger partial charge in [0.1, 0.15) is 0 Å². The number of unbranched alkanes of at least 4 members (excludes halogenated alkanes) is 1. The number of hydrogen-bond acceptors (Lipinski definition) is 1. The summed E-state index contributed by atoms with van der Waals surface area (Å²) in [5.74, 6) is 0. The van der Waals surface area contributed by atoms with Crippen LogP contribution < -0.4 is 0 Å². The Balaban J connectivity index is 2.85. The molecule has 4 heteroatoms. The molecular weight excluding hydrogens is 263 g/mol. The lowest BCUT2D eigenvalue weighted by atomic mass is 10.2. The van der Waals surface area contributed by atoms with Gasteiger partial charge in [0.2, 0.25) is 0 Å². The highest BCUT2D eigenvalue weighted by Crippen LogP contribution is 2.36. The first-order chi connectivity index (χ1) is 6.47. The molecule has 1 atom stereocenters. The Bertz CT molecular complexity index is 307. The lowest BCUT2D eigenvalue weighted by Crippen LogP contribution is -2.22. The number of nitrogens with zero attached hydrogens (tertiary/aromatic N) is 2. The minimum Gasteiger partial charge on any atom is -0.238 e. The number of alkyl halides is 2. The minimum atomic E-state index is -0.554. The first-order valence-corrected chi connectivity index (χ1v) is 6.06. The molecule has 0 saturated heterocycles. The highest BCUT2D eigenvalue weighted by atomic mass is 79.9. The minimum absolute atomic E-state index is 0.554. The summed E-state index contributed by atoms with van der Waals surface area (Å²) in [6.45, 7) is 6.15. The highest BCUT2D eigenvalue weighted by molar-refractivity contribution is 9.10. The van der Waals surface area contributed by atoms with Crippen molar-refractivity contribution in [2.75, 3.05) is 0 Å². The van der Waals surface area contributed by atoms with Crippen LogP contribution in [0.3, 0.4) is 0 Å². The maximum Gasteiger partial charge on any atom is 0.190 e. The summed E-state index contributed by atoms with van der Waals surface area (Å²) in [5, 5.41) is 4.37. The van der Waals surface area contributed by atoms with Gasteiger partial charge < -0.3 is 0 Å². The average Bonchev–Trinajstić information content (AvgIpc) is 2.42. The second-order valence-electron chi connectivity index (χ2n) is 3.61. The number of halogens is 2. The Labute approximate surface area is 98.8 Å². The van der Waals surface area contributed by atoms with Crippen LogP contribution in [0, 0.1) is 13.8 Å². The molecule has 14 heavy (non-hydrogen) atoms. The standard InChI is InChI=1S/C10H16BrClN2/c1-4-5-6-10(11,12)14-9(3)7-8(2)13-14/h7H,4-6H2,1-3H3. The van der Waals surface area contributed by atoms with E-state index in [9.17, 15) is 0 Å². The van der Waals surface area contributed by atoms with Gasteiger partial charge in [0.25, 0.3) is 0 Å². The van der Waals surface area contributed by atoms with Crippen molar-refractivity contribution < 1.29 is 0 Å². The summed E-state index contributed by atoms with van der Waals surface area (Å²) >= 11 is 9.90. The molecule has 0 aliphatic carbocycles. The summed E-state index contributed by atoms with van der Waals surface area (Å²) < 4.78 is 1.29. The van der Waals surface area contributed by atoms with Gasteiger partial charge >= 0.3 is 0 Å². The van der Waals surface area contributed by atoms with Crippen LogP contribution in [0.5, 0.6) is 0 Å². The molecule has 0 bridgehead atoms. The Morgan fingerprint density at radius 2 is 2.21 bits per heavy atom. The largest absolute Gasteiger partial charge is 0.238 e. The fourth-order valence-corrected chi connectivity index (χ4v) is 2.40. The van der Waals surface area contributed by atoms with E-state index in [1.165, 1.54) is 0 Å². The van der Waals surface area contributed by atoms with Crippen molar-refractivity contribution in [3.63, 3.8) is 0 Å². The number of hydrogen-bond donors (Lipinski definition) is 0. The summed E-state index contributed by atoms with van der Waals surface area (Å²) in [6, 6.07) is 2.03. The van der Waals surface area contributed by atoms with Gasteiger partial charge in [-0.3, -0.25) is 0 Å². The summed E-state index contributed by atoms with van der Waals surface area (Å²) in [6.07, 6.45) is 3.11. The molecule has 0 fully saturated rings. The molecule has 0 saturated carbocycles. The Morgan fingerprint density at radius 1 is 1.57 bits per heavy atom. The Hall–Kier alpha value is -0.0200. The second-order valence-corrected chi connectivity index (χ2v) is 6.00. The molecular formula is C10H16BrClN2. The molecule has 80 valence electrons. The van der Waals surface area contributed by atoms with Crippen molar-refractivity contribution in [2.24, 2.45) is 0 Å². The van der Waals surface area contributed by atoms with E-state index in [4.69, 9.17) is 11.6 Å². The Kier molecular flexibility index (Phi) is 4.02. The fraction of sp³-hybridized carbons (Fsp3) is 0.700. The van der Waals surface area contributed by atoms with Crippen LogP contribution in [0.2, 0.25) is 0 Å². The van der Waals surface area contributed by atoms with Gasteiger partial charge in [-0.1, -0.05) is 24.9 Å². The first-order valence-electron chi connectivity index (χ1n) is 4.89. The zero-order valence-corrected chi connectivity index (χ0v) is 11.2. The van der Waals surface area contributed by atoms with Gasteiger partial charge in [-0.2, -0.15) is 5.10 Å². The van der Waals surface area contributed by atoms with E-state index in [0.717, 1.165) is 30.7 Å². The molecule has 0 aromatic carbocycles. The zero-order valence-electron chi connectivity index (χ0n) is 8.85. The van der Waals surface area contributed by atoms with E-state index in [1.54, 1.807) is 0 Å². The van der Waals surface area contributed by atoms with Crippen LogP contribution in [0.4, 0.5) is 0 Å². The lowest BCUT2D eigenvalue weighted by Gasteiger charge is -2.21. The quantitative estimate of drug-likeness (QED) is 0.764. The van der Waals surface area contributed by atoms with Gasteiger partial charge in [-0.05, 0) is 48.7 Å². The molecule has 0 aliphatic heterocycles. The smallest absolute Gasteiger partial charge is 0.190 e. The van der Waals surface area contributed by atoms with Gasteiger partial charge in [0.05, 0.1) is 5.69 Å². The van der Waals surface area contributed by atoms with Crippen molar-refractivity contribution in [3.8, 4) is 0 Å². The average molecular weight is 280 g/mol. The van der Waals surface area contributed by atoms with Crippen molar-refractivity contribution in [3.05, 3.63) is 17.5 Å². The van der Waals surface area contributed by atoms with Crippen LogP contribution in [0.25, 0.3) is 0 Å². The zero-order chi connectivity index (χ0) is 10.8. The van der Waals surface area contributed by atoms with E-state index < -0.39 is 3.91 Å². The summed E-state index contributed by atoms with van der Waals surface area (Å²) in [4.78, 5) is 0. The van der Waals surface area contributed by atoms with Gasteiger partial charge in [0.15, 0.2) is 3.91 Å². The van der Waals surface area contributed by atoms with E-state index in [0.29, 0.717) is 0 Å². The third-order valence-electron chi connectivity index (χ3n) is 2.15. The molecule has 0 spiro atoms. The monoisotopic (exact) mass is 278 g/mol. The number of rotatable bonds is 4. The third kappa shape index (κ3) is 2.74. The van der Waals surface area contributed by atoms with Crippen LogP contribution >= 0.6 is 27.5 Å². The van der Waals surface area contributed by atoms with Gasteiger partial charge in [-0.25, -0.2) is 4.68 Å². The van der Waals surface area contributed by atoms with Crippen LogP contribution in [-0.4, -0.2) is 9.78 Å². The topological polar surface area (TPSA) is 17.8 Å². The van der Waals surface area contributed by atoms with Gasteiger partial charge in [0, 0.05) is 5.69 Å². The fourth-order valence-electron chi connectivity index (χ4n) is 1.46. The van der Waals surface area contributed by atoms with E-state index >= 15 is 0 Å². The maximum absolute atomic E-state index is 6.38. The molecule has 0 N–H and O–H groups in total. The van der Waals surface area contributed by atoms with Crippen LogP contribution in [0.15, 0.2) is 6.07 Å². The molecule has 1 rings (SSSR count). The van der Waals surface area contributed by atoms with Crippen molar-refractivity contribution >= 4 is 27.5 Å². The molecule has 1 aromatic rings. The predicted octanol–water partition coefficient (Wildman–Crippen LogP) is 3.93. The number of aromatic nitrogens is 2. The normalized spacial score (nSPS) is 15.5. The molecule has 0 amide bonds. The van der Waals surface area contributed by atoms with Crippen molar-refractivity contribution in [1.29, 1.82) is 0 Å². The third-order valence-corrected chi connectivity index (χ3v) is 3.23. The molecule has 1 unspecified atom stereocenters. The number of aryl methyl sites for hydroxylation is 2. The lowest BCUT2D eigenvalue weighted by molar-refractivity contribution is 0.485. The highest BCUT2D eigenvalue weighted by Gasteiger charge is 2.27. The molecule has 0 aliphatic rings. The van der Waals surface area contributed by atoms with Crippen molar-refractivity contribution in [2.45, 2.75) is 43.9 Å². The molecule has 0 radical (unpaired) electrons. The van der Waals surface area contributed by atoms with Crippen LogP contribution in [0.1, 0.15) is 37.6 Å². The van der Waals surface area contributed by atoms with Crippen LogP contribution in [-0.2, 0) is 3.91 Å². The maximum atomic E-state index is 6.38. The predicted molar refractivity (Wildman–Crippen MR) is 64.0 cm³/mol. The van der Waals surface area contributed by atoms with Gasteiger partial charge in [-0.15, -0.1) is 0 Å². The van der Waals surface area contributed by atoms with E-state index in [-0.39, 0.29) is 0 Å². The second kappa shape index (κ2) is 4.67. The van der Waals surface area contributed by atoms with E-state index in [2.05, 4.69) is 28.0 Å². The first kappa shape index (κ1) is 12.1. The van der Waals surface area contributed by atoms with Crippen molar-refractivity contribution in [1.82, 2.24) is 9.78 Å². The Morgan fingerprint density at radius 3 is 2.64 bits per heavy atom.